The van der Waals surface area contributed by atoms with E-state index in [1.165, 1.54) is 5.01 Å². The molecule has 0 aromatic carbocycles. The van der Waals surface area contributed by atoms with Crippen molar-refractivity contribution in [2.45, 2.75) is 0 Å². The first-order valence-corrected chi connectivity index (χ1v) is 2.73. The number of carbonyl (C=O) groups is 1. The van der Waals surface area contributed by atoms with Crippen LogP contribution >= 0.6 is 0 Å². The van der Waals surface area contributed by atoms with Crippen LogP contribution in [0, 0.1) is 0 Å². The highest BCUT2D eigenvalue weighted by Crippen LogP contribution is 1.87. The number of hydrazone groups is 1. The molecule has 0 spiro atoms. The number of hydrazine groups is 1. The highest BCUT2D eigenvalue weighted by atomic mass is 16.4. The van der Waals surface area contributed by atoms with Crippen LogP contribution in [0.5, 0.6) is 0 Å². The second-order valence-corrected chi connectivity index (χ2v) is 1.74. The van der Waals surface area contributed by atoms with Crippen LogP contribution in [0.25, 0.3) is 0 Å². The number of carboxylic acids is 1. The Hall–Kier alpha value is -1.52. The van der Waals surface area contributed by atoms with E-state index in [4.69, 9.17) is 5.11 Å². The fourth-order valence-electron chi connectivity index (χ4n) is 0.560. The van der Waals surface area contributed by atoms with Gasteiger partial charge in [0.2, 0.25) is 0 Å². The van der Waals surface area contributed by atoms with Gasteiger partial charge in [-0.25, -0.2) is 5.53 Å². The normalized spacial score (nSPS) is 15.0. The van der Waals surface area contributed by atoms with Crippen LogP contribution in [0.1, 0.15) is 0 Å². The zero-order valence-corrected chi connectivity index (χ0v) is 5.19. The first-order valence-electron chi connectivity index (χ1n) is 2.73. The molecule has 0 aromatic heterocycles. The van der Waals surface area contributed by atoms with Gasteiger partial charge in [0.25, 0.3) is 0 Å². The number of carboxylic acid groups (broad SMARTS) is 1. The molecule has 0 bridgehead atoms. The quantitative estimate of drug-likeness (QED) is 0.538. The number of nitrogens with zero attached hydrogens (tertiary/aromatic N) is 2. The lowest BCUT2D eigenvalue weighted by Crippen LogP contribution is -2.35. The third-order valence-electron chi connectivity index (χ3n) is 0.918. The number of allylic oxidation sites excluding steroid dienone is 1. The molecular weight excluding hydrogens is 134 g/mol. The fourth-order valence-corrected chi connectivity index (χ4v) is 0.560. The zero-order chi connectivity index (χ0) is 7.40. The minimum atomic E-state index is -0.894. The van der Waals surface area contributed by atoms with E-state index in [1.54, 1.807) is 18.5 Å². The monoisotopic (exact) mass is 141 g/mol. The Morgan fingerprint density at radius 2 is 2.60 bits per heavy atom. The SMILES string of the molecule is O=C(O)CN1C=CC=NN1. The maximum atomic E-state index is 10.1. The third kappa shape index (κ3) is 1.77. The lowest BCUT2D eigenvalue weighted by Gasteiger charge is -2.17. The maximum Gasteiger partial charge on any atom is 0.325 e. The summed E-state index contributed by atoms with van der Waals surface area (Å²) in [6.07, 6.45) is 4.79. The zero-order valence-electron chi connectivity index (χ0n) is 5.19. The molecule has 0 aromatic rings. The summed E-state index contributed by atoms with van der Waals surface area (Å²) in [5, 5.41) is 13.3. The van der Waals surface area contributed by atoms with Gasteiger partial charge in [0.1, 0.15) is 6.54 Å². The third-order valence-corrected chi connectivity index (χ3v) is 0.918. The molecule has 10 heavy (non-hydrogen) atoms. The molecule has 5 heteroatoms. The van der Waals surface area contributed by atoms with Crippen molar-refractivity contribution in [1.82, 2.24) is 10.5 Å². The van der Waals surface area contributed by atoms with Crippen molar-refractivity contribution in [3.05, 3.63) is 12.3 Å². The van der Waals surface area contributed by atoms with Gasteiger partial charge in [0.05, 0.1) is 6.21 Å². The van der Waals surface area contributed by atoms with Crippen molar-refractivity contribution >= 4 is 12.2 Å². The summed E-state index contributed by atoms with van der Waals surface area (Å²) in [5.41, 5.74) is 2.49. The number of hydrogen-bond acceptors (Lipinski definition) is 4. The Morgan fingerprint density at radius 1 is 1.80 bits per heavy atom. The lowest BCUT2D eigenvalue weighted by atomic mass is 10.6. The van der Waals surface area contributed by atoms with E-state index in [-0.39, 0.29) is 6.54 Å². The Bertz CT molecular complexity index is 187. The van der Waals surface area contributed by atoms with Gasteiger partial charge < -0.3 is 5.11 Å². The molecule has 1 aliphatic heterocycles. The summed E-state index contributed by atoms with van der Waals surface area (Å²) in [6, 6.07) is 0. The molecule has 0 saturated heterocycles. The first kappa shape index (κ1) is 6.60. The average Bonchev–Trinajstić information content (AvgIpc) is 1.88. The van der Waals surface area contributed by atoms with E-state index in [1.807, 2.05) is 0 Å². The Morgan fingerprint density at radius 3 is 3.10 bits per heavy atom. The second-order valence-electron chi connectivity index (χ2n) is 1.74. The summed E-state index contributed by atoms with van der Waals surface area (Å²) in [6.45, 7) is -0.0894. The molecule has 0 amide bonds. The van der Waals surface area contributed by atoms with E-state index < -0.39 is 5.97 Å². The van der Waals surface area contributed by atoms with E-state index in [0.717, 1.165) is 0 Å². The first-order chi connectivity index (χ1) is 4.79. The molecule has 0 fully saturated rings. The molecule has 1 aliphatic rings. The van der Waals surface area contributed by atoms with Crippen molar-refractivity contribution in [1.29, 1.82) is 0 Å². The van der Waals surface area contributed by atoms with Gasteiger partial charge in [-0.1, -0.05) is 0 Å². The van der Waals surface area contributed by atoms with Crippen LogP contribution in [0.2, 0.25) is 0 Å². The van der Waals surface area contributed by atoms with Crippen LogP contribution in [0.3, 0.4) is 0 Å². The van der Waals surface area contributed by atoms with Crippen LogP contribution in [-0.2, 0) is 4.79 Å². The molecule has 0 unspecified atom stereocenters. The van der Waals surface area contributed by atoms with Gasteiger partial charge in [-0.15, -0.1) is 0 Å². The van der Waals surface area contributed by atoms with E-state index in [2.05, 4.69) is 10.6 Å². The molecule has 1 heterocycles. The summed E-state index contributed by atoms with van der Waals surface area (Å²) in [5.74, 6) is -0.894. The predicted octanol–water partition coefficient (Wildman–Crippen LogP) is -0.609. The van der Waals surface area contributed by atoms with Gasteiger partial charge in [-0.2, -0.15) is 5.10 Å². The maximum absolute atomic E-state index is 10.1. The van der Waals surface area contributed by atoms with Crippen molar-refractivity contribution < 1.29 is 9.90 Å². The topological polar surface area (TPSA) is 64.9 Å². The summed E-state index contributed by atoms with van der Waals surface area (Å²) in [7, 11) is 0. The van der Waals surface area contributed by atoms with Crippen LogP contribution in [0.15, 0.2) is 17.4 Å². The standard InChI is InChI=1S/C5H7N3O2/c9-5(10)4-8-3-1-2-6-7-8/h1-3,7H,4H2,(H,9,10). The van der Waals surface area contributed by atoms with Gasteiger partial charge >= 0.3 is 5.97 Å². The Balaban J connectivity index is 2.37. The molecule has 0 saturated carbocycles. The average molecular weight is 141 g/mol. The second kappa shape index (κ2) is 2.86. The summed E-state index contributed by atoms with van der Waals surface area (Å²) in [4.78, 5) is 10.1. The van der Waals surface area contributed by atoms with Crippen molar-refractivity contribution in [2.75, 3.05) is 6.54 Å². The highest BCUT2D eigenvalue weighted by molar-refractivity contribution is 5.72. The Kier molecular flexibility index (Phi) is 1.89. The molecule has 54 valence electrons. The minimum Gasteiger partial charge on any atom is -0.480 e. The van der Waals surface area contributed by atoms with Gasteiger partial charge in [0.15, 0.2) is 0 Å². The van der Waals surface area contributed by atoms with Crippen LogP contribution in [-0.4, -0.2) is 28.8 Å². The molecule has 2 N–H and O–H groups in total. The molecular formula is C5H7N3O2. The summed E-state index contributed by atoms with van der Waals surface area (Å²) >= 11 is 0. The summed E-state index contributed by atoms with van der Waals surface area (Å²) < 4.78 is 0. The number of hydrogen-bond donors (Lipinski definition) is 2. The van der Waals surface area contributed by atoms with E-state index in [9.17, 15) is 4.79 Å². The molecule has 0 atom stereocenters. The minimum absolute atomic E-state index is 0.0894. The number of nitrogens with one attached hydrogen (secondary N) is 1. The van der Waals surface area contributed by atoms with E-state index >= 15 is 0 Å². The molecule has 1 rings (SSSR count). The highest BCUT2D eigenvalue weighted by Gasteiger charge is 2.03. The van der Waals surface area contributed by atoms with Crippen molar-refractivity contribution in [2.24, 2.45) is 5.10 Å². The van der Waals surface area contributed by atoms with Gasteiger partial charge in [-0.3, -0.25) is 9.80 Å². The largest absolute Gasteiger partial charge is 0.480 e. The molecule has 0 aliphatic carbocycles. The fraction of sp³-hybridized carbons (Fsp3) is 0.200. The molecule has 5 nitrogen and oxygen atoms in total. The smallest absolute Gasteiger partial charge is 0.325 e. The van der Waals surface area contributed by atoms with Crippen LogP contribution in [0.4, 0.5) is 0 Å². The van der Waals surface area contributed by atoms with Crippen molar-refractivity contribution in [3.63, 3.8) is 0 Å². The van der Waals surface area contributed by atoms with Gasteiger partial charge in [-0.05, 0) is 6.08 Å². The number of aliphatic carboxylic acids is 1. The Labute approximate surface area is 57.6 Å². The van der Waals surface area contributed by atoms with Crippen molar-refractivity contribution in [3.8, 4) is 0 Å². The van der Waals surface area contributed by atoms with Crippen LogP contribution < -0.4 is 5.53 Å². The molecule has 0 radical (unpaired) electrons. The van der Waals surface area contributed by atoms with Gasteiger partial charge in [0, 0.05) is 6.20 Å². The number of rotatable bonds is 2. The lowest BCUT2D eigenvalue weighted by molar-refractivity contribution is -0.138. The predicted molar refractivity (Wildman–Crippen MR) is 35.1 cm³/mol. The van der Waals surface area contributed by atoms with E-state index in [0.29, 0.717) is 0 Å².